The first-order valence-electron chi connectivity index (χ1n) is 12.7. The minimum absolute atomic E-state index is 0.106. The number of carbonyl (C=O) groups is 1. The quantitative estimate of drug-likeness (QED) is 0.206. The van der Waals surface area contributed by atoms with Gasteiger partial charge in [0.25, 0.3) is 0 Å². The van der Waals surface area contributed by atoms with E-state index in [4.69, 9.17) is 11.6 Å². The van der Waals surface area contributed by atoms with Gasteiger partial charge in [0.15, 0.2) is 11.0 Å². The third kappa shape index (κ3) is 4.91. The molecule has 2 heterocycles. The predicted molar refractivity (Wildman–Crippen MR) is 161 cm³/mol. The summed E-state index contributed by atoms with van der Waals surface area (Å²) >= 11 is 7.46. The normalized spacial score (nSPS) is 11.4. The molecule has 0 unspecified atom stereocenters. The number of halogens is 1. The molecule has 6 aromatic rings. The summed E-state index contributed by atoms with van der Waals surface area (Å²) in [5, 5.41) is 15.6. The van der Waals surface area contributed by atoms with Gasteiger partial charge in [-0.3, -0.25) is 9.36 Å². The van der Waals surface area contributed by atoms with E-state index in [2.05, 4.69) is 57.3 Å². The molecule has 8 heteroatoms. The van der Waals surface area contributed by atoms with E-state index in [1.807, 2.05) is 72.2 Å². The van der Waals surface area contributed by atoms with Crippen molar-refractivity contribution >= 4 is 56.8 Å². The second kappa shape index (κ2) is 10.6. The topological polar surface area (TPSA) is 64.7 Å². The van der Waals surface area contributed by atoms with E-state index >= 15 is 0 Å². The number of para-hydroxylation sites is 1. The number of rotatable bonds is 7. The molecule has 39 heavy (non-hydrogen) atoms. The lowest BCUT2D eigenvalue weighted by Gasteiger charge is -2.11. The SMILES string of the molecule is CCn1c2ccccc2c2cc(NC(=O)CSc3nnc(-c4ccc(Cl)cc4)n3-c3ccc(C)cc3)ccc21. The van der Waals surface area contributed by atoms with Gasteiger partial charge in [-0.05, 0) is 74.5 Å². The van der Waals surface area contributed by atoms with Gasteiger partial charge in [0.2, 0.25) is 5.91 Å². The molecule has 0 spiro atoms. The van der Waals surface area contributed by atoms with E-state index in [1.54, 1.807) is 0 Å². The third-order valence-corrected chi connectivity index (χ3v) is 7.91. The van der Waals surface area contributed by atoms with E-state index in [0.29, 0.717) is 16.0 Å². The lowest BCUT2D eigenvalue weighted by atomic mass is 10.1. The van der Waals surface area contributed by atoms with E-state index in [9.17, 15) is 4.79 Å². The van der Waals surface area contributed by atoms with Gasteiger partial charge >= 0.3 is 0 Å². The Hall–Kier alpha value is -4.07. The van der Waals surface area contributed by atoms with Crippen LogP contribution < -0.4 is 5.32 Å². The summed E-state index contributed by atoms with van der Waals surface area (Å²) in [6.45, 7) is 5.08. The molecule has 6 nitrogen and oxygen atoms in total. The van der Waals surface area contributed by atoms with Crippen LogP contribution in [0.25, 0.3) is 38.9 Å². The average Bonchev–Trinajstić information content (AvgIpc) is 3.51. The number of fused-ring (bicyclic) bond motifs is 3. The van der Waals surface area contributed by atoms with Gasteiger partial charge in [0, 0.05) is 50.3 Å². The van der Waals surface area contributed by atoms with Gasteiger partial charge in [0.05, 0.1) is 5.75 Å². The van der Waals surface area contributed by atoms with Crippen LogP contribution in [0, 0.1) is 6.92 Å². The maximum absolute atomic E-state index is 13.0. The Kier molecular flexibility index (Phi) is 6.85. The first-order valence-corrected chi connectivity index (χ1v) is 14.1. The van der Waals surface area contributed by atoms with E-state index in [-0.39, 0.29) is 11.7 Å². The molecular weight excluding hydrogens is 526 g/mol. The molecule has 0 aliphatic heterocycles. The number of nitrogens with one attached hydrogen (secondary N) is 1. The molecule has 2 aromatic heterocycles. The number of amides is 1. The fourth-order valence-corrected chi connectivity index (χ4v) is 5.75. The van der Waals surface area contributed by atoms with Crippen molar-refractivity contribution < 1.29 is 4.79 Å². The Morgan fingerprint density at radius 3 is 2.41 bits per heavy atom. The largest absolute Gasteiger partial charge is 0.341 e. The highest BCUT2D eigenvalue weighted by atomic mass is 35.5. The highest BCUT2D eigenvalue weighted by molar-refractivity contribution is 7.99. The monoisotopic (exact) mass is 551 g/mol. The number of carbonyl (C=O) groups excluding carboxylic acids is 1. The first kappa shape index (κ1) is 25.2. The lowest BCUT2D eigenvalue weighted by Crippen LogP contribution is -2.14. The molecule has 194 valence electrons. The zero-order valence-corrected chi connectivity index (χ0v) is 23.1. The summed E-state index contributed by atoms with van der Waals surface area (Å²) in [5.74, 6) is 0.778. The van der Waals surface area contributed by atoms with Crippen LogP contribution in [0.5, 0.6) is 0 Å². The molecule has 1 amide bonds. The fraction of sp³-hybridized carbons (Fsp3) is 0.129. The van der Waals surface area contributed by atoms with Crippen LogP contribution in [-0.2, 0) is 11.3 Å². The van der Waals surface area contributed by atoms with Gasteiger partial charge in [-0.25, -0.2) is 0 Å². The zero-order valence-electron chi connectivity index (χ0n) is 21.6. The summed E-state index contributed by atoms with van der Waals surface area (Å²) < 4.78 is 4.27. The summed E-state index contributed by atoms with van der Waals surface area (Å²) in [6, 6.07) is 30.1. The lowest BCUT2D eigenvalue weighted by molar-refractivity contribution is -0.113. The van der Waals surface area contributed by atoms with E-state index in [1.165, 1.54) is 22.7 Å². The van der Waals surface area contributed by atoms with Gasteiger partial charge in [0.1, 0.15) is 0 Å². The minimum atomic E-state index is -0.106. The molecule has 1 N–H and O–H groups in total. The summed E-state index contributed by atoms with van der Waals surface area (Å²) in [5.41, 5.74) is 6.11. The molecule has 0 saturated carbocycles. The van der Waals surface area contributed by atoms with Crippen molar-refractivity contribution in [3.05, 3.63) is 102 Å². The van der Waals surface area contributed by atoms with Crippen LogP contribution in [0.2, 0.25) is 5.02 Å². The Morgan fingerprint density at radius 1 is 0.897 bits per heavy atom. The van der Waals surface area contributed by atoms with Crippen LogP contribution >= 0.6 is 23.4 Å². The molecule has 0 bridgehead atoms. The maximum Gasteiger partial charge on any atom is 0.234 e. The molecule has 6 rings (SSSR count). The highest BCUT2D eigenvalue weighted by Crippen LogP contribution is 2.32. The Balaban J connectivity index is 1.26. The number of thioether (sulfide) groups is 1. The van der Waals surface area contributed by atoms with Gasteiger partial charge < -0.3 is 9.88 Å². The maximum atomic E-state index is 13.0. The second-order valence-electron chi connectivity index (χ2n) is 9.31. The number of anilines is 1. The molecular formula is C31H26ClN5OS. The van der Waals surface area contributed by atoms with Crippen LogP contribution in [0.3, 0.4) is 0 Å². The molecule has 0 atom stereocenters. The van der Waals surface area contributed by atoms with E-state index < -0.39 is 0 Å². The number of aryl methyl sites for hydroxylation is 2. The smallest absolute Gasteiger partial charge is 0.234 e. The van der Waals surface area contributed by atoms with Crippen molar-refractivity contribution in [3.8, 4) is 17.1 Å². The van der Waals surface area contributed by atoms with Crippen LogP contribution in [-0.4, -0.2) is 31.0 Å². The summed E-state index contributed by atoms with van der Waals surface area (Å²) in [4.78, 5) is 13.0. The van der Waals surface area contributed by atoms with Crippen molar-refractivity contribution in [1.29, 1.82) is 0 Å². The highest BCUT2D eigenvalue weighted by Gasteiger charge is 2.18. The standard InChI is InChI=1S/C31H26ClN5OS/c1-3-36-27-7-5-4-6-25(27)26-18-23(14-17-28(26)36)33-29(38)19-39-31-35-34-30(21-10-12-22(32)13-11-21)37(31)24-15-8-20(2)9-16-24/h4-18H,3,19H2,1-2H3,(H,33,38). The van der Waals surface area contributed by atoms with Crippen molar-refractivity contribution in [2.75, 3.05) is 11.1 Å². The first-order chi connectivity index (χ1) is 19.0. The van der Waals surface area contributed by atoms with Crippen LogP contribution in [0.4, 0.5) is 5.69 Å². The molecule has 4 aromatic carbocycles. The van der Waals surface area contributed by atoms with Crippen molar-refractivity contribution in [1.82, 2.24) is 19.3 Å². The summed E-state index contributed by atoms with van der Waals surface area (Å²) in [7, 11) is 0. The average molecular weight is 552 g/mol. The molecule has 0 aliphatic rings. The Bertz CT molecular complexity index is 1810. The van der Waals surface area contributed by atoms with Crippen LogP contribution in [0.1, 0.15) is 12.5 Å². The number of hydrogen-bond acceptors (Lipinski definition) is 4. The van der Waals surface area contributed by atoms with Gasteiger partial charge in [-0.15, -0.1) is 10.2 Å². The number of nitrogens with zero attached hydrogens (tertiary/aromatic N) is 4. The van der Waals surface area contributed by atoms with Crippen molar-refractivity contribution in [2.24, 2.45) is 0 Å². The number of hydrogen-bond donors (Lipinski definition) is 1. The molecule has 0 aliphatic carbocycles. The molecule has 0 saturated heterocycles. The molecule has 0 fully saturated rings. The molecule has 0 radical (unpaired) electrons. The van der Waals surface area contributed by atoms with Crippen molar-refractivity contribution in [3.63, 3.8) is 0 Å². The predicted octanol–water partition coefficient (Wildman–Crippen LogP) is 7.75. The third-order valence-electron chi connectivity index (χ3n) is 6.73. The van der Waals surface area contributed by atoms with Gasteiger partial charge in [-0.1, -0.05) is 59.3 Å². The Morgan fingerprint density at radius 2 is 1.64 bits per heavy atom. The van der Waals surface area contributed by atoms with Gasteiger partial charge in [-0.2, -0.15) is 0 Å². The Labute approximate surface area is 235 Å². The van der Waals surface area contributed by atoms with Crippen LogP contribution in [0.15, 0.2) is 96.2 Å². The fourth-order valence-electron chi connectivity index (χ4n) is 4.88. The number of benzene rings is 4. The van der Waals surface area contributed by atoms with Crippen molar-refractivity contribution in [2.45, 2.75) is 25.5 Å². The number of aromatic nitrogens is 4. The van der Waals surface area contributed by atoms with E-state index in [0.717, 1.165) is 39.9 Å². The minimum Gasteiger partial charge on any atom is -0.341 e. The second-order valence-corrected chi connectivity index (χ2v) is 10.7. The zero-order chi connectivity index (χ0) is 26.9. The summed E-state index contributed by atoms with van der Waals surface area (Å²) in [6.07, 6.45) is 0.